The molecule has 0 spiro atoms. The van der Waals surface area contributed by atoms with Crippen LogP contribution in [0.15, 0.2) is 18.2 Å². The van der Waals surface area contributed by atoms with Crippen molar-refractivity contribution in [2.24, 2.45) is 0 Å². The lowest BCUT2D eigenvalue weighted by molar-refractivity contribution is 0.0159. The van der Waals surface area contributed by atoms with E-state index in [2.05, 4.69) is 4.90 Å². The van der Waals surface area contributed by atoms with E-state index in [-0.39, 0.29) is 17.7 Å². The van der Waals surface area contributed by atoms with Gasteiger partial charge in [-0.2, -0.15) is 0 Å². The molecule has 0 bridgehead atoms. The van der Waals surface area contributed by atoms with Crippen LogP contribution < -0.4 is 4.90 Å². The molecule has 2 rings (SSSR count). The zero-order valence-corrected chi connectivity index (χ0v) is 15.0. The number of carbonyl (C=O) groups excluding carboxylic acids is 1. The number of hydrogen-bond acceptors (Lipinski definition) is 4. The zero-order valence-electron chi connectivity index (χ0n) is 15.0. The molecule has 0 saturated carbocycles. The number of benzene rings is 1. The molecule has 1 amide bonds. The SMILES string of the molecule is Cc1cc(C(=O)O)ccc1N1CCN(C(=O)OC(C)(C)C)[C@H](C)C1. The maximum atomic E-state index is 12.3. The van der Waals surface area contributed by atoms with Crippen molar-refractivity contribution in [1.82, 2.24) is 4.90 Å². The molecule has 1 heterocycles. The molecule has 0 unspecified atom stereocenters. The van der Waals surface area contributed by atoms with Crippen molar-refractivity contribution in [2.45, 2.75) is 46.3 Å². The van der Waals surface area contributed by atoms with Gasteiger partial charge in [-0.1, -0.05) is 0 Å². The molecule has 0 aromatic heterocycles. The number of aromatic carboxylic acids is 1. The van der Waals surface area contributed by atoms with Gasteiger partial charge in [0, 0.05) is 31.4 Å². The average Bonchev–Trinajstić information content (AvgIpc) is 2.44. The fourth-order valence-corrected chi connectivity index (χ4v) is 2.91. The van der Waals surface area contributed by atoms with Crippen LogP contribution in [-0.4, -0.2) is 53.3 Å². The Kier molecular flexibility index (Phi) is 5.06. The molecule has 6 nitrogen and oxygen atoms in total. The van der Waals surface area contributed by atoms with Crippen molar-refractivity contribution in [3.8, 4) is 0 Å². The first-order valence-electron chi connectivity index (χ1n) is 8.17. The van der Waals surface area contributed by atoms with Crippen LogP contribution in [0.25, 0.3) is 0 Å². The van der Waals surface area contributed by atoms with Gasteiger partial charge in [0.1, 0.15) is 5.60 Å². The van der Waals surface area contributed by atoms with Gasteiger partial charge in [0.05, 0.1) is 5.56 Å². The number of hydrogen-bond donors (Lipinski definition) is 1. The molecule has 1 saturated heterocycles. The molecule has 1 aliphatic rings. The molecule has 1 aromatic rings. The van der Waals surface area contributed by atoms with Crippen molar-refractivity contribution in [3.05, 3.63) is 29.3 Å². The van der Waals surface area contributed by atoms with E-state index in [1.807, 2.05) is 40.7 Å². The summed E-state index contributed by atoms with van der Waals surface area (Å²) >= 11 is 0. The van der Waals surface area contributed by atoms with Crippen molar-refractivity contribution in [3.63, 3.8) is 0 Å². The Labute approximate surface area is 143 Å². The highest BCUT2D eigenvalue weighted by Gasteiger charge is 2.31. The summed E-state index contributed by atoms with van der Waals surface area (Å²) in [5, 5.41) is 9.07. The first-order chi connectivity index (χ1) is 11.1. The number of carboxylic acid groups (broad SMARTS) is 1. The van der Waals surface area contributed by atoms with Gasteiger partial charge in [-0.25, -0.2) is 9.59 Å². The summed E-state index contributed by atoms with van der Waals surface area (Å²) in [5.41, 5.74) is 1.72. The fraction of sp³-hybridized carbons (Fsp3) is 0.556. The predicted octanol–water partition coefficient (Wildman–Crippen LogP) is 3.14. The number of carbonyl (C=O) groups is 2. The highest BCUT2D eigenvalue weighted by molar-refractivity contribution is 5.88. The Balaban J connectivity index is 2.08. The van der Waals surface area contributed by atoms with Gasteiger partial charge in [0.2, 0.25) is 0 Å². The molecule has 1 aliphatic heterocycles. The molecule has 1 fully saturated rings. The highest BCUT2D eigenvalue weighted by Crippen LogP contribution is 2.25. The van der Waals surface area contributed by atoms with Crippen LogP contribution >= 0.6 is 0 Å². The maximum absolute atomic E-state index is 12.3. The third-order valence-electron chi connectivity index (χ3n) is 4.04. The third-order valence-corrected chi connectivity index (χ3v) is 4.04. The molecule has 1 N–H and O–H groups in total. The normalized spacial score (nSPS) is 18.5. The van der Waals surface area contributed by atoms with E-state index in [1.165, 1.54) is 0 Å². The van der Waals surface area contributed by atoms with E-state index >= 15 is 0 Å². The summed E-state index contributed by atoms with van der Waals surface area (Å²) in [4.78, 5) is 27.3. The first kappa shape index (κ1) is 18.1. The molecule has 24 heavy (non-hydrogen) atoms. The molecular weight excluding hydrogens is 308 g/mol. The van der Waals surface area contributed by atoms with E-state index in [1.54, 1.807) is 17.0 Å². The van der Waals surface area contributed by atoms with E-state index < -0.39 is 11.6 Å². The molecule has 6 heteroatoms. The highest BCUT2D eigenvalue weighted by atomic mass is 16.6. The van der Waals surface area contributed by atoms with E-state index in [0.29, 0.717) is 19.6 Å². The van der Waals surface area contributed by atoms with Crippen LogP contribution in [0, 0.1) is 6.92 Å². The van der Waals surface area contributed by atoms with Gasteiger partial charge in [-0.15, -0.1) is 0 Å². The number of ether oxygens (including phenoxy) is 1. The number of rotatable bonds is 2. The smallest absolute Gasteiger partial charge is 0.410 e. The number of piperazine rings is 1. The lowest BCUT2D eigenvalue weighted by atomic mass is 10.1. The molecule has 0 radical (unpaired) electrons. The standard InChI is InChI=1S/C18H26N2O4/c1-12-10-14(16(21)22)6-7-15(12)19-8-9-20(13(2)11-19)17(23)24-18(3,4)5/h6-7,10,13H,8-9,11H2,1-5H3,(H,21,22)/t13-/m1/s1. The van der Waals surface area contributed by atoms with Gasteiger partial charge >= 0.3 is 12.1 Å². The van der Waals surface area contributed by atoms with E-state index in [4.69, 9.17) is 9.84 Å². The second-order valence-corrected chi connectivity index (χ2v) is 7.28. The first-order valence-corrected chi connectivity index (χ1v) is 8.17. The largest absolute Gasteiger partial charge is 0.478 e. The number of carboxylic acids is 1. The summed E-state index contributed by atoms with van der Waals surface area (Å²) in [6.45, 7) is 11.4. The Morgan fingerprint density at radius 1 is 1.25 bits per heavy atom. The summed E-state index contributed by atoms with van der Waals surface area (Å²) < 4.78 is 5.46. The van der Waals surface area contributed by atoms with Gasteiger partial charge in [-0.3, -0.25) is 0 Å². The number of anilines is 1. The average molecular weight is 334 g/mol. The second kappa shape index (κ2) is 6.71. The van der Waals surface area contributed by atoms with Crippen LogP contribution in [-0.2, 0) is 4.74 Å². The monoisotopic (exact) mass is 334 g/mol. The van der Waals surface area contributed by atoms with Crippen molar-refractivity contribution >= 4 is 17.7 Å². The molecule has 132 valence electrons. The minimum absolute atomic E-state index is 0.0205. The summed E-state index contributed by atoms with van der Waals surface area (Å²) in [6, 6.07) is 5.17. The predicted molar refractivity (Wildman–Crippen MR) is 92.8 cm³/mol. The third kappa shape index (κ3) is 4.19. The Hall–Kier alpha value is -2.24. The van der Waals surface area contributed by atoms with Crippen molar-refractivity contribution in [2.75, 3.05) is 24.5 Å². The fourth-order valence-electron chi connectivity index (χ4n) is 2.91. The van der Waals surface area contributed by atoms with E-state index in [0.717, 1.165) is 11.3 Å². The molecule has 0 aliphatic carbocycles. The van der Waals surface area contributed by atoms with E-state index in [9.17, 15) is 9.59 Å². The Bertz CT molecular complexity index is 636. The number of aryl methyl sites for hydroxylation is 1. The summed E-state index contributed by atoms with van der Waals surface area (Å²) in [7, 11) is 0. The topological polar surface area (TPSA) is 70.1 Å². The maximum Gasteiger partial charge on any atom is 0.410 e. The summed E-state index contributed by atoms with van der Waals surface area (Å²) in [6.07, 6.45) is -0.285. The lowest BCUT2D eigenvalue weighted by Gasteiger charge is -2.41. The Morgan fingerprint density at radius 3 is 2.42 bits per heavy atom. The molecule has 1 atom stereocenters. The van der Waals surface area contributed by atoms with Gasteiger partial charge in [0.25, 0.3) is 0 Å². The van der Waals surface area contributed by atoms with Crippen LogP contribution in [0.3, 0.4) is 0 Å². The quantitative estimate of drug-likeness (QED) is 0.900. The minimum Gasteiger partial charge on any atom is -0.478 e. The van der Waals surface area contributed by atoms with Crippen molar-refractivity contribution in [1.29, 1.82) is 0 Å². The number of nitrogens with zero attached hydrogens (tertiary/aromatic N) is 2. The molecular formula is C18H26N2O4. The van der Waals surface area contributed by atoms with Crippen molar-refractivity contribution < 1.29 is 19.4 Å². The van der Waals surface area contributed by atoms with Crippen LogP contribution in [0.4, 0.5) is 10.5 Å². The summed E-state index contributed by atoms with van der Waals surface area (Å²) in [5.74, 6) is -0.923. The van der Waals surface area contributed by atoms with Gasteiger partial charge in [0.15, 0.2) is 0 Å². The van der Waals surface area contributed by atoms with Gasteiger partial charge < -0.3 is 19.6 Å². The zero-order chi connectivity index (χ0) is 18.1. The van der Waals surface area contributed by atoms with Crippen LogP contribution in [0.1, 0.15) is 43.6 Å². The number of amides is 1. The minimum atomic E-state index is -0.923. The lowest BCUT2D eigenvalue weighted by Crippen LogP contribution is -2.55. The second-order valence-electron chi connectivity index (χ2n) is 7.28. The molecule has 1 aromatic carbocycles. The Morgan fingerprint density at radius 2 is 1.92 bits per heavy atom. The van der Waals surface area contributed by atoms with Gasteiger partial charge in [-0.05, 0) is 58.4 Å². The van der Waals surface area contributed by atoms with Crippen LogP contribution in [0.5, 0.6) is 0 Å². The van der Waals surface area contributed by atoms with Crippen LogP contribution in [0.2, 0.25) is 0 Å².